The highest BCUT2D eigenvalue weighted by Gasteiger charge is 2.26. The number of anilines is 1. The van der Waals surface area contributed by atoms with Crippen LogP contribution in [0.25, 0.3) is 0 Å². The van der Waals surface area contributed by atoms with E-state index < -0.39 is 6.10 Å². The number of hydrogen-bond donors (Lipinski definition) is 1. The first-order valence-corrected chi connectivity index (χ1v) is 11.2. The van der Waals surface area contributed by atoms with Gasteiger partial charge in [0.15, 0.2) is 11.2 Å². The second kappa shape index (κ2) is 9.26. The average molecular weight is 476 g/mol. The monoisotopic (exact) mass is 475 g/mol. The Bertz CT molecular complexity index is 1120. The predicted molar refractivity (Wildman–Crippen MR) is 122 cm³/mol. The maximum atomic E-state index is 12.7. The Morgan fingerprint density at radius 3 is 2.71 bits per heavy atom. The van der Waals surface area contributed by atoms with Crippen LogP contribution in [0.1, 0.15) is 27.9 Å². The van der Waals surface area contributed by atoms with E-state index in [4.69, 9.17) is 27.9 Å². The number of halogens is 2. The molecule has 1 aromatic heterocycles. The number of carbonyl (C=O) groups is 2. The van der Waals surface area contributed by atoms with Crippen LogP contribution in [0.5, 0.6) is 5.75 Å². The molecule has 2 heterocycles. The number of nitrogens with one attached hydrogen (secondary N) is 1. The number of thiazole rings is 1. The van der Waals surface area contributed by atoms with Gasteiger partial charge < -0.3 is 9.64 Å². The van der Waals surface area contributed by atoms with Gasteiger partial charge in [0, 0.05) is 28.4 Å². The number of benzene rings is 2. The Hall–Kier alpha value is -2.61. The Morgan fingerprint density at radius 2 is 1.97 bits per heavy atom. The molecule has 0 saturated carbocycles. The number of hydrogen-bond acceptors (Lipinski definition) is 5. The first-order chi connectivity index (χ1) is 14.9. The van der Waals surface area contributed by atoms with Crippen LogP contribution < -0.4 is 10.1 Å². The van der Waals surface area contributed by atoms with Gasteiger partial charge in [-0.1, -0.05) is 52.7 Å². The average Bonchev–Trinajstić information content (AvgIpc) is 3.17. The summed E-state index contributed by atoms with van der Waals surface area (Å²) in [4.78, 5) is 32.6. The maximum absolute atomic E-state index is 12.7. The summed E-state index contributed by atoms with van der Waals surface area (Å²) in [6.07, 6.45) is -0.136. The fraction of sp³-hybridized carbons (Fsp3) is 0.227. The minimum atomic E-state index is -0.782. The second-order valence-corrected chi connectivity index (χ2v) is 8.98. The molecule has 1 N–H and O–H groups in total. The van der Waals surface area contributed by atoms with Crippen LogP contribution in [0.3, 0.4) is 0 Å². The summed E-state index contributed by atoms with van der Waals surface area (Å²) in [6.45, 7) is 2.70. The molecule has 0 radical (unpaired) electrons. The van der Waals surface area contributed by atoms with Gasteiger partial charge in [0.1, 0.15) is 5.75 Å². The van der Waals surface area contributed by atoms with Gasteiger partial charge in [0.2, 0.25) is 0 Å². The second-order valence-electron chi connectivity index (χ2n) is 7.06. The molecule has 1 atom stereocenters. The first kappa shape index (κ1) is 21.6. The van der Waals surface area contributed by atoms with Crippen molar-refractivity contribution in [1.82, 2.24) is 9.88 Å². The van der Waals surface area contributed by atoms with Crippen LogP contribution in [0.4, 0.5) is 5.13 Å². The van der Waals surface area contributed by atoms with Crippen LogP contribution in [-0.4, -0.2) is 34.3 Å². The van der Waals surface area contributed by atoms with Crippen molar-refractivity contribution in [2.45, 2.75) is 26.0 Å². The molecule has 1 aliphatic heterocycles. The summed E-state index contributed by atoms with van der Waals surface area (Å²) in [7, 11) is 0. The largest absolute Gasteiger partial charge is 0.479 e. The first-order valence-electron chi connectivity index (χ1n) is 9.66. The van der Waals surface area contributed by atoms with Gasteiger partial charge in [-0.3, -0.25) is 14.9 Å². The summed E-state index contributed by atoms with van der Waals surface area (Å²) >= 11 is 13.4. The SMILES string of the molecule is CC(Oc1ccc(Cl)cc1Cl)C(=O)Nc1nc2c(s1)CN(C(=O)c1ccccc1)CC2. The minimum Gasteiger partial charge on any atom is -0.479 e. The maximum Gasteiger partial charge on any atom is 0.266 e. The highest BCUT2D eigenvalue weighted by atomic mass is 35.5. The Labute approximate surface area is 193 Å². The van der Waals surface area contributed by atoms with E-state index in [0.29, 0.717) is 46.0 Å². The lowest BCUT2D eigenvalue weighted by atomic mass is 10.1. The molecule has 3 aromatic rings. The third-order valence-electron chi connectivity index (χ3n) is 4.84. The number of ether oxygens (including phenoxy) is 1. The fourth-order valence-corrected chi connectivity index (χ4v) is 4.69. The van der Waals surface area contributed by atoms with E-state index in [0.717, 1.165) is 10.6 Å². The number of carbonyl (C=O) groups excluding carboxylic acids is 2. The fourth-order valence-electron chi connectivity index (χ4n) is 3.21. The highest BCUT2D eigenvalue weighted by Crippen LogP contribution is 2.30. The van der Waals surface area contributed by atoms with Crippen LogP contribution in [-0.2, 0) is 17.8 Å². The predicted octanol–water partition coefficient (Wildman–Crippen LogP) is 5.05. The lowest BCUT2D eigenvalue weighted by Gasteiger charge is -2.26. The van der Waals surface area contributed by atoms with Crippen molar-refractivity contribution >= 4 is 51.5 Å². The zero-order valence-corrected chi connectivity index (χ0v) is 18.9. The van der Waals surface area contributed by atoms with Crippen LogP contribution in [0.15, 0.2) is 48.5 Å². The van der Waals surface area contributed by atoms with Crippen LogP contribution >= 0.6 is 34.5 Å². The molecule has 2 aromatic carbocycles. The molecular formula is C22H19Cl2N3O3S. The van der Waals surface area contributed by atoms with Gasteiger partial charge >= 0.3 is 0 Å². The van der Waals surface area contributed by atoms with Crippen LogP contribution in [0.2, 0.25) is 10.0 Å². The Morgan fingerprint density at radius 1 is 1.19 bits per heavy atom. The molecular weight excluding hydrogens is 457 g/mol. The van der Waals surface area contributed by atoms with Crippen molar-refractivity contribution in [2.75, 3.05) is 11.9 Å². The van der Waals surface area contributed by atoms with Gasteiger partial charge in [-0.2, -0.15) is 0 Å². The standard InChI is InChI=1S/C22H19Cl2N3O3S/c1-13(30-18-8-7-15(23)11-16(18)24)20(28)26-22-25-17-9-10-27(12-19(17)31-22)21(29)14-5-3-2-4-6-14/h2-8,11,13H,9-10,12H2,1H3,(H,25,26,28). The summed E-state index contributed by atoms with van der Waals surface area (Å²) in [6, 6.07) is 14.0. The summed E-state index contributed by atoms with van der Waals surface area (Å²) in [5.74, 6) is 0.0312. The highest BCUT2D eigenvalue weighted by molar-refractivity contribution is 7.15. The Balaban J connectivity index is 1.39. The topological polar surface area (TPSA) is 71.5 Å². The molecule has 1 aliphatic rings. The van der Waals surface area contributed by atoms with E-state index in [-0.39, 0.29) is 11.8 Å². The lowest BCUT2D eigenvalue weighted by molar-refractivity contribution is -0.122. The quantitative estimate of drug-likeness (QED) is 0.559. The van der Waals surface area contributed by atoms with E-state index in [1.165, 1.54) is 11.3 Å². The van der Waals surface area contributed by atoms with Crippen molar-refractivity contribution in [3.8, 4) is 5.75 Å². The van der Waals surface area contributed by atoms with Crippen molar-refractivity contribution in [1.29, 1.82) is 0 Å². The molecule has 0 aliphatic carbocycles. The molecule has 0 spiro atoms. The molecule has 0 saturated heterocycles. The van der Waals surface area contributed by atoms with E-state index in [9.17, 15) is 9.59 Å². The molecule has 4 rings (SSSR count). The zero-order valence-electron chi connectivity index (χ0n) is 16.6. The number of amides is 2. The molecule has 0 fully saturated rings. The lowest BCUT2D eigenvalue weighted by Crippen LogP contribution is -2.35. The van der Waals surface area contributed by atoms with E-state index in [1.54, 1.807) is 30.0 Å². The van der Waals surface area contributed by atoms with Crippen LogP contribution in [0, 0.1) is 0 Å². The molecule has 6 nitrogen and oxygen atoms in total. The molecule has 160 valence electrons. The van der Waals surface area contributed by atoms with Gasteiger partial charge in [-0.25, -0.2) is 4.98 Å². The molecule has 1 unspecified atom stereocenters. The van der Waals surface area contributed by atoms with Crippen molar-refractivity contribution in [3.05, 3.63) is 74.7 Å². The normalized spacial score (nSPS) is 14.0. The van der Waals surface area contributed by atoms with Gasteiger partial charge in [-0.15, -0.1) is 0 Å². The van der Waals surface area contributed by atoms with Crippen molar-refractivity contribution in [2.24, 2.45) is 0 Å². The van der Waals surface area contributed by atoms with E-state index >= 15 is 0 Å². The minimum absolute atomic E-state index is 0.00731. The van der Waals surface area contributed by atoms with Gasteiger partial charge in [0.25, 0.3) is 11.8 Å². The summed E-state index contributed by atoms with van der Waals surface area (Å²) in [5, 5.41) is 4.11. The molecule has 31 heavy (non-hydrogen) atoms. The number of rotatable bonds is 5. The smallest absolute Gasteiger partial charge is 0.266 e. The summed E-state index contributed by atoms with van der Waals surface area (Å²) in [5.41, 5.74) is 1.57. The molecule has 0 bridgehead atoms. The van der Waals surface area contributed by atoms with Gasteiger partial charge in [-0.05, 0) is 37.3 Å². The zero-order chi connectivity index (χ0) is 22.0. The summed E-state index contributed by atoms with van der Waals surface area (Å²) < 4.78 is 5.66. The van der Waals surface area contributed by atoms with E-state index in [2.05, 4.69) is 10.3 Å². The Kier molecular flexibility index (Phi) is 6.46. The third-order valence-corrected chi connectivity index (χ3v) is 6.36. The number of nitrogens with zero attached hydrogens (tertiary/aromatic N) is 2. The van der Waals surface area contributed by atoms with Crippen molar-refractivity contribution < 1.29 is 14.3 Å². The van der Waals surface area contributed by atoms with Crippen molar-refractivity contribution in [3.63, 3.8) is 0 Å². The number of fused-ring (bicyclic) bond motifs is 1. The molecule has 9 heteroatoms. The number of aromatic nitrogens is 1. The molecule has 2 amide bonds. The third kappa shape index (κ3) is 5.01. The van der Waals surface area contributed by atoms with E-state index in [1.807, 2.05) is 30.3 Å². The van der Waals surface area contributed by atoms with Gasteiger partial charge in [0.05, 0.1) is 17.3 Å².